The van der Waals surface area contributed by atoms with E-state index in [1.807, 2.05) is 6.07 Å². The molecule has 1 aliphatic heterocycles. The van der Waals surface area contributed by atoms with E-state index in [-0.39, 0.29) is 37.0 Å². The molecule has 0 N–H and O–H groups in total. The molecule has 4 heterocycles. The largest absolute Gasteiger partial charge is 2.00 e. The molecule has 3 aromatic heterocycles. The predicted molar refractivity (Wildman–Crippen MR) is 280 cm³/mol. The van der Waals surface area contributed by atoms with Gasteiger partial charge in [0.05, 0.1) is 27.6 Å². The first-order valence-electron chi connectivity index (χ1n) is 23.4. The van der Waals surface area contributed by atoms with Crippen LogP contribution in [0.5, 0.6) is 0 Å². The van der Waals surface area contributed by atoms with E-state index in [0.29, 0.717) is 0 Å². The van der Waals surface area contributed by atoms with Crippen molar-refractivity contribution < 1.29 is 31.1 Å². The summed E-state index contributed by atoms with van der Waals surface area (Å²) in [5, 5.41) is 5.02. The second-order valence-electron chi connectivity index (χ2n) is 18.3. The number of para-hydroxylation sites is 6. The molecule has 6 heteroatoms. The van der Waals surface area contributed by atoms with Crippen molar-refractivity contribution in [2.45, 2.75) is 18.4 Å². The Morgan fingerprint density at radius 3 is 1.58 bits per heavy atom. The zero-order valence-corrected chi connectivity index (χ0v) is 42.0. The molecule has 0 fully saturated rings. The molecule has 2 unspecified atom stereocenters. The molecular weight excluding hydrogens is 1060 g/mol. The maximum Gasteiger partial charge on any atom is 2.00 e. The molecule has 0 spiro atoms. The minimum Gasteiger partial charge on any atom is -0.410 e. The van der Waals surface area contributed by atoms with Gasteiger partial charge in [-0.15, -0.1) is 0 Å². The fourth-order valence-corrected chi connectivity index (χ4v) is 11.6. The monoisotopic (exact) mass is 1110 g/mol. The normalized spacial score (nSPS) is 16.3. The van der Waals surface area contributed by atoms with Gasteiger partial charge < -0.3 is 23.6 Å². The maximum atomic E-state index is 4.77. The molecule has 69 heavy (non-hydrogen) atoms. The topological polar surface area (TPSA) is 30.9 Å². The van der Waals surface area contributed by atoms with Gasteiger partial charge in [0.1, 0.15) is 0 Å². The number of hydrogen-bond donors (Lipinski definition) is 0. The van der Waals surface area contributed by atoms with Crippen LogP contribution in [0.1, 0.15) is 35.1 Å². The van der Waals surface area contributed by atoms with Crippen molar-refractivity contribution >= 4 is 71.7 Å². The van der Waals surface area contributed by atoms with E-state index in [4.69, 9.17) is 4.98 Å². The van der Waals surface area contributed by atoms with Crippen LogP contribution in [0.3, 0.4) is 0 Å². The van der Waals surface area contributed by atoms with Crippen molar-refractivity contribution in [1.82, 2.24) is 18.7 Å². The number of aromatic nitrogens is 4. The first-order valence-corrected chi connectivity index (χ1v) is 23.4. The summed E-state index contributed by atoms with van der Waals surface area (Å²) in [6, 6.07) is 79.2. The molecule has 5 nitrogen and oxygen atoms in total. The van der Waals surface area contributed by atoms with Crippen molar-refractivity contribution in [2.75, 3.05) is 4.90 Å². The number of imidazole rings is 1. The van der Waals surface area contributed by atoms with Crippen LogP contribution in [-0.2, 0) is 0 Å². The average Bonchev–Trinajstić information content (AvgIpc) is 4.14. The minimum atomic E-state index is -0.476. The van der Waals surface area contributed by atoms with Crippen molar-refractivity contribution in [2.24, 2.45) is 0 Å². The number of benzene rings is 9. The molecule has 14 rings (SSSR count). The van der Waals surface area contributed by atoms with Gasteiger partial charge in [0.25, 0.3) is 0 Å². The molecule has 324 valence electrons. The number of rotatable bonds is 7. The first-order chi connectivity index (χ1) is 33.6. The summed E-state index contributed by atoms with van der Waals surface area (Å²) >= 11 is 0. The van der Waals surface area contributed by atoms with Crippen LogP contribution in [0.4, 0.5) is 11.4 Å². The number of anilines is 2. The Kier molecular flexibility index (Phi) is 9.73. The first kappa shape index (κ1) is 41.4. The number of hydrogen-bond acceptors (Lipinski definition) is 2. The van der Waals surface area contributed by atoms with Crippen molar-refractivity contribution in [3.63, 3.8) is 0 Å². The molecule has 0 radical (unpaired) electrons. The molecule has 0 saturated carbocycles. The van der Waals surface area contributed by atoms with Crippen LogP contribution >= 0.6 is 0 Å². The molecule has 2 aliphatic rings. The van der Waals surface area contributed by atoms with E-state index < -0.39 is 5.54 Å². The van der Waals surface area contributed by atoms with E-state index in [9.17, 15) is 0 Å². The molecule has 0 amide bonds. The van der Waals surface area contributed by atoms with Crippen molar-refractivity contribution in [3.8, 4) is 11.4 Å². The van der Waals surface area contributed by atoms with E-state index in [2.05, 4.69) is 262 Å². The predicted octanol–water partition coefficient (Wildman–Crippen LogP) is 15.2. The summed E-state index contributed by atoms with van der Waals surface area (Å²) in [5.74, 6) is 1.14. The van der Waals surface area contributed by atoms with Crippen LogP contribution in [0.2, 0.25) is 0 Å². The van der Waals surface area contributed by atoms with Crippen LogP contribution in [0.15, 0.2) is 237 Å². The van der Waals surface area contributed by atoms with Gasteiger partial charge in [0.15, 0.2) is 0 Å². The Morgan fingerprint density at radius 2 is 0.986 bits per heavy atom. The molecule has 0 bridgehead atoms. The van der Waals surface area contributed by atoms with Crippen LogP contribution in [-0.4, -0.2) is 24.2 Å². The number of allylic oxidation sites excluding steroid dienone is 2. The molecular formula is C63H43N5U. The average molecular weight is 1110 g/mol. The third-order valence-corrected chi connectivity index (χ3v) is 14.6. The Hall–Kier alpha value is -7.75. The summed E-state index contributed by atoms with van der Waals surface area (Å²) < 4.78 is 7.03. The zero-order chi connectivity index (χ0) is 44.9. The number of fused-ring (bicyclic) bond motifs is 10. The quantitative estimate of drug-likeness (QED) is 0.118. The smallest absolute Gasteiger partial charge is 0.410 e. The van der Waals surface area contributed by atoms with Gasteiger partial charge in [-0.1, -0.05) is 205 Å². The fraction of sp³-hybridized carbons (Fsp3) is 0.0476. The van der Waals surface area contributed by atoms with E-state index in [0.717, 1.165) is 50.7 Å². The summed E-state index contributed by atoms with van der Waals surface area (Å²) in [7, 11) is 0. The molecule has 1 aliphatic carbocycles. The van der Waals surface area contributed by atoms with Gasteiger partial charge in [-0.25, -0.2) is 0 Å². The van der Waals surface area contributed by atoms with Crippen LogP contribution in [0, 0.1) is 43.4 Å². The SMILES string of the molecule is CC12C=CC(n3c4ccccc4c4ccccc43)=CC1c1cc(-n3c4ccccc4c4ccccc43)ccc1N2c1ccc(-n2[c-]nc3ccccc32)c([C-](c2ccccc2)c2ccccc2)c1.[U+2]. The Labute approximate surface area is 424 Å². The summed E-state index contributed by atoms with van der Waals surface area (Å²) in [6.07, 6.45) is 10.7. The Balaban J connectivity index is 0.00000469. The fourth-order valence-electron chi connectivity index (χ4n) is 11.6. The molecule has 0 saturated heterocycles. The molecule has 9 aromatic carbocycles. The number of nitrogens with zero attached hydrogens (tertiary/aromatic N) is 5. The van der Waals surface area contributed by atoms with Crippen molar-refractivity contribution in [3.05, 3.63) is 271 Å². The van der Waals surface area contributed by atoms with E-state index >= 15 is 0 Å². The van der Waals surface area contributed by atoms with Crippen molar-refractivity contribution in [1.29, 1.82) is 0 Å². The Bertz CT molecular complexity index is 3880. The summed E-state index contributed by atoms with van der Waals surface area (Å²) in [5.41, 5.74) is 16.5. The maximum absolute atomic E-state index is 4.77. The van der Waals surface area contributed by atoms with Crippen LogP contribution in [0.25, 0.3) is 71.7 Å². The minimum absolute atomic E-state index is 0. The standard InChI is InChI=1S/C63H43N5.U/c1-63-37-36-45(67-58-29-15-10-24-49(58)50-25-11-16-30-59(50)67)40-53(63)51-38-44(66-56-27-13-8-22-47(56)48-23-9-14-28-57(48)66)32-35-60(51)68(63)46-33-34-55(65-41-64-54-26-12-17-31-61(54)65)52(39-46)62(42-18-4-2-5-19-42)43-20-6-3-7-21-43;/h2-40,53H,1H3;/q-2;+2. The van der Waals surface area contributed by atoms with Gasteiger partial charge in [-0.05, 0) is 83.8 Å². The third-order valence-electron chi connectivity index (χ3n) is 14.6. The second-order valence-corrected chi connectivity index (χ2v) is 18.3. The van der Waals surface area contributed by atoms with Gasteiger partial charge in [-0.2, -0.15) is 0 Å². The van der Waals surface area contributed by atoms with Gasteiger partial charge in [0.2, 0.25) is 0 Å². The van der Waals surface area contributed by atoms with Gasteiger partial charge in [-0.3, -0.25) is 0 Å². The second kappa shape index (κ2) is 16.2. The van der Waals surface area contributed by atoms with E-state index in [1.54, 1.807) is 0 Å². The zero-order valence-electron chi connectivity index (χ0n) is 37.8. The summed E-state index contributed by atoms with van der Waals surface area (Å²) in [6.45, 7) is 2.41. The molecule has 2 atom stereocenters. The van der Waals surface area contributed by atoms with E-state index in [1.165, 1.54) is 60.6 Å². The third kappa shape index (κ3) is 6.29. The van der Waals surface area contributed by atoms with Gasteiger partial charge in [0, 0.05) is 56.5 Å². The summed E-state index contributed by atoms with van der Waals surface area (Å²) in [4.78, 5) is 7.36. The van der Waals surface area contributed by atoms with Gasteiger partial charge >= 0.3 is 31.1 Å². The van der Waals surface area contributed by atoms with Crippen LogP contribution < -0.4 is 4.90 Å². The Morgan fingerprint density at radius 1 is 0.493 bits per heavy atom. The molecule has 12 aromatic rings.